The first-order valence-corrected chi connectivity index (χ1v) is 9.21. The van der Waals surface area contributed by atoms with Gasteiger partial charge in [-0.1, -0.05) is 31.5 Å². The summed E-state index contributed by atoms with van der Waals surface area (Å²) in [6.45, 7) is 9.30. The Bertz CT molecular complexity index is 613. The molecule has 5 nitrogen and oxygen atoms in total. The summed E-state index contributed by atoms with van der Waals surface area (Å²) < 4.78 is 0. The predicted molar refractivity (Wildman–Crippen MR) is 100 cm³/mol. The van der Waals surface area contributed by atoms with Crippen LogP contribution < -0.4 is 11.1 Å². The van der Waals surface area contributed by atoms with E-state index in [-0.39, 0.29) is 23.8 Å². The van der Waals surface area contributed by atoms with Crippen molar-refractivity contribution in [3.8, 4) is 0 Å². The molecule has 3 atom stereocenters. The molecule has 1 heterocycles. The fourth-order valence-corrected chi connectivity index (χ4v) is 3.36. The summed E-state index contributed by atoms with van der Waals surface area (Å²) in [6, 6.07) is 6.98. The highest BCUT2D eigenvalue weighted by Crippen LogP contribution is 2.20. The van der Waals surface area contributed by atoms with Crippen molar-refractivity contribution < 1.29 is 9.59 Å². The van der Waals surface area contributed by atoms with Gasteiger partial charge in [0.15, 0.2) is 0 Å². The maximum absolute atomic E-state index is 13.0. The third-order valence-electron chi connectivity index (χ3n) is 5.01. The molecule has 0 radical (unpaired) electrons. The van der Waals surface area contributed by atoms with Gasteiger partial charge >= 0.3 is 0 Å². The molecule has 1 aromatic carbocycles. The molecule has 1 aliphatic heterocycles. The van der Waals surface area contributed by atoms with Crippen LogP contribution in [0, 0.1) is 18.8 Å². The number of carbonyl (C=O) groups is 2. The summed E-state index contributed by atoms with van der Waals surface area (Å²) >= 11 is 0. The fraction of sp³-hybridized carbons (Fsp3) is 0.600. The zero-order valence-electron chi connectivity index (χ0n) is 15.8. The van der Waals surface area contributed by atoms with Gasteiger partial charge in [-0.05, 0) is 50.7 Å². The molecule has 0 saturated carbocycles. The molecule has 0 aliphatic carbocycles. The van der Waals surface area contributed by atoms with Crippen LogP contribution in [0.4, 0.5) is 0 Å². The number of nitrogens with zero attached hydrogens (tertiary/aromatic N) is 1. The molecule has 1 aliphatic rings. The highest BCUT2D eigenvalue weighted by molar-refractivity contribution is 5.97. The number of carbonyl (C=O) groups excluding carboxylic acids is 2. The van der Waals surface area contributed by atoms with Crippen LogP contribution in [0.15, 0.2) is 24.3 Å². The Balaban J connectivity index is 2.09. The normalized spacial score (nSPS) is 20.2. The minimum absolute atomic E-state index is 0.00125. The van der Waals surface area contributed by atoms with Crippen molar-refractivity contribution in [1.82, 2.24) is 10.2 Å². The van der Waals surface area contributed by atoms with E-state index in [1.54, 1.807) is 6.07 Å². The molecule has 3 unspecified atom stereocenters. The molecule has 1 aromatic rings. The van der Waals surface area contributed by atoms with Crippen molar-refractivity contribution in [3.05, 3.63) is 35.4 Å². The maximum atomic E-state index is 13.0. The van der Waals surface area contributed by atoms with E-state index in [1.165, 1.54) is 0 Å². The van der Waals surface area contributed by atoms with Crippen molar-refractivity contribution >= 4 is 11.8 Å². The topological polar surface area (TPSA) is 75.4 Å². The fourth-order valence-electron chi connectivity index (χ4n) is 3.36. The molecule has 0 bridgehead atoms. The van der Waals surface area contributed by atoms with Gasteiger partial charge in [-0.25, -0.2) is 0 Å². The van der Waals surface area contributed by atoms with Crippen molar-refractivity contribution in [2.45, 2.75) is 52.6 Å². The first-order chi connectivity index (χ1) is 11.8. The van der Waals surface area contributed by atoms with Crippen LogP contribution in [0.5, 0.6) is 0 Å². The van der Waals surface area contributed by atoms with Crippen LogP contribution in [0.25, 0.3) is 0 Å². The number of benzene rings is 1. The Morgan fingerprint density at radius 3 is 2.60 bits per heavy atom. The number of aryl methyl sites for hydroxylation is 1. The predicted octanol–water partition coefficient (Wildman–Crippen LogP) is 2.34. The van der Waals surface area contributed by atoms with Gasteiger partial charge in [-0.3, -0.25) is 9.59 Å². The number of nitrogens with two attached hydrogens (primary N) is 1. The van der Waals surface area contributed by atoms with Gasteiger partial charge < -0.3 is 16.0 Å². The van der Waals surface area contributed by atoms with Crippen LogP contribution in [0.2, 0.25) is 0 Å². The van der Waals surface area contributed by atoms with Gasteiger partial charge in [0.25, 0.3) is 5.91 Å². The van der Waals surface area contributed by atoms with E-state index in [0.29, 0.717) is 18.0 Å². The lowest BCUT2D eigenvalue weighted by atomic mass is 9.91. The van der Waals surface area contributed by atoms with Crippen molar-refractivity contribution in [2.24, 2.45) is 17.6 Å². The van der Waals surface area contributed by atoms with E-state index < -0.39 is 6.04 Å². The molecule has 2 amide bonds. The molecule has 0 aromatic heterocycles. The zero-order chi connectivity index (χ0) is 18.6. The molecule has 25 heavy (non-hydrogen) atoms. The lowest BCUT2D eigenvalue weighted by Gasteiger charge is -2.37. The summed E-state index contributed by atoms with van der Waals surface area (Å²) in [7, 11) is 0. The van der Waals surface area contributed by atoms with Gasteiger partial charge in [-0.2, -0.15) is 0 Å². The quantitative estimate of drug-likeness (QED) is 0.860. The Kier molecular flexibility index (Phi) is 6.59. The maximum Gasteiger partial charge on any atom is 0.251 e. The second-order valence-corrected chi connectivity index (χ2v) is 7.61. The molecule has 3 N–H and O–H groups in total. The average molecular weight is 345 g/mol. The van der Waals surface area contributed by atoms with Gasteiger partial charge in [0.2, 0.25) is 5.91 Å². The molecular weight excluding hydrogens is 314 g/mol. The molecule has 5 heteroatoms. The number of piperidine rings is 1. The minimum Gasteiger partial charge on any atom is -0.341 e. The van der Waals surface area contributed by atoms with Crippen molar-refractivity contribution in [1.29, 1.82) is 0 Å². The largest absolute Gasteiger partial charge is 0.341 e. The molecule has 138 valence electrons. The Hall–Kier alpha value is -1.88. The summed E-state index contributed by atoms with van der Waals surface area (Å²) in [6.07, 6.45) is 2.03. The lowest BCUT2D eigenvalue weighted by Crippen LogP contribution is -2.54. The zero-order valence-corrected chi connectivity index (χ0v) is 15.8. The second kappa shape index (κ2) is 8.48. The van der Waals surface area contributed by atoms with E-state index in [2.05, 4.69) is 5.32 Å². The van der Waals surface area contributed by atoms with Crippen LogP contribution in [-0.4, -0.2) is 41.9 Å². The van der Waals surface area contributed by atoms with Gasteiger partial charge in [0.05, 0.1) is 0 Å². The van der Waals surface area contributed by atoms with Crippen molar-refractivity contribution in [2.75, 3.05) is 13.1 Å². The second-order valence-electron chi connectivity index (χ2n) is 7.61. The monoisotopic (exact) mass is 345 g/mol. The first kappa shape index (κ1) is 19.4. The Morgan fingerprint density at radius 2 is 2.00 bits per heavy atom. The highest BCUT2D eigenvalue weighted by atomic mass is 16.2. The standard InChI is InChI=1S/C20H31N3O2/c1-13(2)18(22-19(24)16-8-5-7-14(3)11-16)20(25)23-10-6-9-17(12-23)15(4)21/h5,7-8,11,13,15,17-18H,6,9-10,12,21H2,1-4H3,(H,22,24). The SMILES string of the molecule is Cc1cccc(C(=O)NC(C(=O)N2CCCC(C(C)N)C2)C(C)C)c1. The molecule has 2 rings (SSSR count). The van der Waals surface area contributed by atoms with E-state index >= 15 is 0 Å². The van der Waals surface area contributed by atoms with Crippen LogP contribution in [0.3, 0.4) is 0 Å². The van der Waals surface area contributed by atoms with Crippen LogP contribution >= 0.6 is 0 Å². The van der Waals surface area contributed by atoms with Gasteiger partial charge in [0.1, 0.15) is 6.04 Å². The van der Waals surface area contributed by atoms with Crippen LogP contribution in [-0.2, 0) is 4.79 Å². The highest BCUT2D eigenvalue weighted by Gasteiger charge is 2.32. The molecular formula is C20H31N3O2. The summed E-state index contributed by atoms with van der Waals surface area (Å²) in [5.74, 6) is 0.160. The number of nitrogens with one attached hydrogen (secondary N) is 1. The Labute approximate surface area is 151 Å². The summed E-state index contributed by atoms with van der Waals surface area (Å²) in [5.41, 5.74) is 7.64. The smallest absolute Gasteiger partial charge is 0.251 e. The minimum atomic E-state index is -0.514. The van der Waals surface area contributed by atoms with Gasteiger partial charge in [-0.15, -0.1) is 0 Å². The first-order valence-electron chi connectivity index (χ1n) is 9.21. The number of likely N-dealkylation sites (tertiary alicyclic amines) is 1. The summed E-state index contributed by atoms with van der Waals surface area (Å²) in [4.78, 5) is 27.5. The summed E-state index contributed by atoms with van der Waals surface area (Å²) in [5, 5.41) is 2.94. The number of amides is 2. The number of hydrogen-bond acceptors (Lipinski definition) is 3. The molecule has 1 fully saturated rings. The van der Waals surface area contributed by atoms with E-state index in [0.717, 1.165) is 24.9 Å². The van der Waals surface area contributed by atoms with Gasteiger partial charge in [0, 0.05) is 24.7 Å². The van der Waals surface area contributed by atoms with E-state index in [1.807, 2.05) is 50.8 Å². The average Bonchev–Trinajstić information content (AvgIpc) is 2.58. The number of hydrogen-bond donors (Lipinski definition) is 2. The molecule has 1 saturated heterocycles. The Morgan fingerprint density at radius 1 is 1.28 bits per heavy atom. The lowest BCUT2D eigenvalue weighted by molar-refractivity contribution is -0.136. The van der Waals surface area contributed by atoms with Crippen molar-refractivity contribution in [3.63, 3.8) is 0 Å². The number of rotatable bonds is 5. The third kappa shape index (κ3) is 5.05. The van der Waals surface area contributed by atoms with E-state index in [4.69, 9.17) is 5.73 Å². The third-order valence-corrected chi connectivity index (χ3v) is 5.01. The van der Waals surface area contributed by atoms with Crippen LogP contribution in [0.1, 0.15) is 49.5 Å². The van der Waals surface area contributed by atoms with E-state index in [9.17, 15) is 9.59 Å². The molecule has 0 spiro atoms.